The van der Waals surface area contributed by atoms with Crippen LogP contribution >= 0.6 is 11.6 Å². The van der Waals surface area contributed by atoms with Crippen LogP contribution in [0.2, 0.25) is 5.02 Å². The van der Waals surface area contributed by atoms with Crippen molar-refractivity contribution in [1.29, 1.82) is 0 Å². The molecular formula is C14H12ClF2NO2S. The maximum atomic E-state index is 13.3. The number of alkyl halides is 2. The predicted octanol–water partition coefficient (Wildman–Crippen LogP) is 4.07. The van der Waals surface area contributed by atoms with Gasteiger partial charge in [0.1, 0.15) is 0 Å². The third-order valence-corrected chi connectivity index (χ3v) is 4.84. The highest BCUT2D eigenvalue weighted by molar-refractivity contribution is 7.92. The first kappa shape index (κ1) is 15.7. The Labute approximate surface area is 126 Å². The third-order valence-electron chi connectivity index (χ3n) is 2.84. The van der Waals surface area contributed by atoms with E-state index in [9.17, 15) is 17.2 Å². The molecule has 0 fully saturated rings. The van der Waals surface area contributed by atoms with Crippen LogP contribution in [0.4, 0.5) is 14.5 Å². The van der Waals surface area contributed by atoms with Gasteiger partial charge in [0, 0.05) is 5.02 Å². The van der Waals surface area contributed by atoms with E-state index < -0.39 is 16.6 Å². The molecule has 0 bridgehead atoms. The number of sulfonamides is 1. The maximum Gasteiger partial charge on any atom is 0.328 e. The molecule has 0 heterocycles. The number of nitrogens with zero attached hydrogens (tertiary/aromatic N) is 1. The molecule has 112 valence electrons. The van der Waals surface area contributed by atoms with Crippen molar-refractivity contribution in [1.82, 2.24) is 0 Å². The van der Waals surface area contributed by atoms with E-state index in [0.29, 0.717) is 5.02 Å². The Balaban J connectivity index is 2.51. The van der Waals surface area contributed by atoms with Crippen LogP contribution in [0.5, 0.6) is 0 Å². The lowest BCUT2D eigenvalue weighted by Gasteiger charge is -2.23. The minimum Gasteiger partial charge on any atom is -0.207 e. The quantitative estimate of drug-likeness (QED) is 0.792. The summed E-state index contributed by atoms with van der Waals surface area (Å²) in [5.41, 5.74) is 0.694. The third kappa shape index (κ3) is 3.33. The van der Waals surface area contributed by atoms with Gasteiger partial charge < -0.3 is 0 Å². The van der Waals surface area contributed by atoms with Crippen molar-refractivity contribution in [2.24, 2.45) is 0 Å². The van der Waals surface area contributed by atoms with Crippen molar-refractivity contribution in [3.8, 4) is 0 Å². The lowest BCUT2D eigenvalue weighted by Crippen LogP contribution is -2.35. The van der Waals surface area contributed by atoms with Gasteiger partial charge in [-0.05, 0) is 43.3 Å². The molecular weight excluding hydrogens is 320 g/mol. The van der Waals surface area contributed by atoms with E-state index in [4.69, 9.17) is 11.6 Å². The molecule has 7 heteroatoms. The molecule has 0 saturated heterocycles. The van der Waals surface area contributed by atoms with Crippen molar-refractivity contribution in [3.63, 3.8) is 0 Å². The van der Waals surface area contributed by atoms with Crippen LogP contribution < -0.4 is 4.31 Å². The summed E-state index contributed by atoms with van der Waals surface area (Å²) in [6, 6.07) is 10.9. The molecule has 0 N–H and O–H groups in total. The first-order valence-electron chi connectivity index (χ1n) is 5.97. The van der Waals surface area contributed by atoms with E-state index >= 15 is 0 Å². The highest BCUT2D eigenvalue weighted by atomic mass is 35.5. The molecule has 0 aliphatic heterocycles. The lowest BCUT2D eigenvalue weighted by atomic mass is 10.2. The van der Waals surface area contributed by atoms with Crippen molar-refractivity contribution >= 4 is 27.3 Å². The average Bonchev–Trinajstić information content (AvgIpc) is 2.41. The molecule has 2 aromatic carbocycles. The van der Waals surface area contributed by atoms with E-state index in [0.717, 1.165) is 5.56 Å². The zero-order valence-electron chi connectivity index (χ0n) is 11.0. The number of halogens is 3. The van der Waals surface area contributed by atoms with E-state index in [-0.39, 0.29) is 14.9 Å². The standard InChI is InChI=1S/C14H12ClF2NO2S/c1-10-2-8-13(9-3-10)21(19,20)18(14(16)17)12-6-4-11(15)5-7-12/h2-9,14H,1H3. The summed E-state index contributed by atoms with van der Waals surface area (Å²) in [6.07, 6.45) is 0. The van der Waals surface area contributed by atoms with Gasteiger partial charge in [0.05, 0.1) is 10.6 Å². The van der Waals surface area contributed by atoms with Gasteiger partial charge in [-0.25, -0.2) is 12.7 Å². The van der Waals surface area contributed by atoms with Gasteiger partial charge in [-0.3, -0.25) is 0 Å². The van der Waals surface area contributed by atoms with Crippen LogP contribution in [0.3, 0.4) is 0 Å². The van der Waals surface area contributed by atoms with Gasteiger partial charge in [0.2, 0.25) is 0 Å². The summed E-state index contributed by atoms with van der Waals surface area (Å²) in [6.45, 7) is -1.42. The SMILES string of the molecule is Cc1ccc(S(=O)(=O)N(c2ccc(Cl)cc2)C(F)F)cc1. The Bertz CT molecular complexity index is 716. The van der Waals surface area contributed by atoms with Crippen molar-refractivity contribution in [2.75, 3.05) is 4.31 Å². The van der Waals surface area contributed by atoms with Gasteiger partial charge >= 0.3 is 6.55 Å². The van der Waals surface area contributed by atoms with Gasteiger partial charge in [0.15, 0.2) is 0 Å². The van der Waals surface area contributed by atoms with Crippen LogP contribution in [-0.4, -0.2) is 15.0 Å². The fraction of sp³-hybridized carbons (Fsp3) is 0.143. The summed E-state index contributed by atoms with van der Waals surface area (Å²) < 4.78 is 51.4. The number of benzene rings is 2. The summed E-state index contributed by atoms with van der Waals surface area (Å²) >= 11 is 5.69. The van der Waals surface area contributed by atoms with Crippen molar-refractivity contribution in [3.05, 3.63) is 59.1 Å². The van der Waals surface area contributed by atoms with Crippen molar-refractivity contribution < 1.29 is 17.2 Å². The molecule has 0 saturated carbocycles. The molecule has 21 heavy (non-hydrogen) atoms. The Morgan fingerprint density at radius 3 is 2.00 bits per heavy atom. The molecule has 0 aromatic heterocycles. The molecule has 2 aromatic rings. The largest absolute Gasteiger partial charge is 0.328 e. The Morgan fingerprint density at radius 2 is 1.52 bits per heavy atom. The average molecular weight is 332 g/mol. The molecule has 0 aliphatic carbocycles. The number of rotatable bonds is 4. The Kier molecular flexibility index (Phi) is 4.49. The molecule has 0 aliphatic rings. The van der Waals surface area contributed by atoms with Crippen LogP contribution in [-0.2, 0) is 10.0 Å². The highest BCUT2D eigenvalue weighted by Crippen LogP contribution is 2.28. The topological polar surface area (TPSA) is 37.4 Å². The fourth-order valence-corrected chi connectivity index (χ4v) is 3.21. The second-order valence-corrected chi connectivity index (χ2v) is 6.62. The first-order chi connectivity index (χ1) is 9.82. The Morgan fingerprint density at radius 1 is 1.00 bits per heavy atom. The van der Waals surface area contributed by atoms with Crippen LogP contribution in [0, 0.1) is 6.92 Å². The second-order valence-electron chi connectivity index (χ2n) is 4.37. The molecule has 0 amide bonds. The van der Waals surface area contributed by atoms with Crippen molar-refractivity contribution in [2.45, 2.75) is 18.4 Å². The van der Waals surface area contributed by atoms with Crippen LogP contribution in [0.25, 0.3) is 0 Å². The summed E-state index contributed by atoms with van der Waals surface area (Å²) in [5.74, 6) is 0. The van der Waals surface area contributed by atoms with E-state index in [1.54, 1.807) is 19.1 Å². The molecule has 0 radical (unpaired) electrons. The molecule has 2 rings (SSSR count). The predicted molar refractivity (Wildman–Crippen MR) is 78.3 cm³/mol. The number of anilines is 1. The van der Waals surface area contributed by atoms with E-state index in [1.165, 1.54) is 36.4 Å². The van der Waals surface area contributed by atoms with Gasteiger partial charge in [0.25, 0.3) is 10.0 Å². The smallest absolute Gasteiger partial charge is 0.207 e. The molecule has 0 spiro atoms. The second kappa shape index (κ2) is 5.99. The van der Waals surface area contributed by atoms with Crippen LogP contribution in [0.15, 0.2) is 53.4 Å². The molecule has 0 atom stereocenters. The zero-order valence-corrected chi connectivity index (χ0v) is 12.6. The maximum absolute atomic E-state index is 13.3. The fourth-order valence-electron chi connectivity index (χ4n) is 1.77. The molecule has 0 unspecified atom stereocenters. The summed E-state index contributed by atoms with van der Waals surface area (Å²) in [4.78, 5) is -0.191. The first-order valence-corrected chi connectivity index (χ1v) is 7.79. The van der Waals surface area contributed by atoms with Gasteiger partial charge in [-0.15, -0.1) is 0 Å². The zero-order chi connectivity index (χ0) is 15.6. The minimum absolute atomic E-state index is 0.0774. The van der Waals surface area contributed by atoms with Gasteiger partial charge in [-0.1, -0.05) is 29.3 Å². The van der Waals surface area contributed by atoms with E-state index in [1.807, 2.05) is 0 Å². The minimum atomic E-state index is -4.34. The number of hydrogen-bond donors (Lipinski definition) is 0. The summed E-state index contributed by atoms with van der Waals surface area (Å²) in [7, 11) is -4.34. The molecule has 3 nitrogen and oxygen atoms in total. The van der Waals surface area contributed by atoms with E-state index in [2.05, 4.69) is 0 Å². The van der Waals surface area contributed by atoms with Crippen LogP contribution in [0.1, 0.15) is 5.56 Å². The monoisotopic (exact) mass is 331 g/mol. The lowest BCUT2D eigenvalue weighted by molar-refractivity contribution is 0.162. The highest BCUT2D eigenvalue weighted by Gasteiger charge is 2.31. The summed E-state index contributed by atoms with van der Waals surface area (Å²) in [5, 5.41) is 0.334. The number of aryl methyl sites for hydroxylation is 1. The number of hydrogen-bond acceptors (Lipinski definition) is 2. The van der Waals surface area contributed by atoms with Gasteiger partial charge in [-0.2, -0.15) is 8.78 Å². The normalized spacial score (nSPS) is 11.7. The Hall–Kier alpha value is -1.66.